The van der Waals surface area contributed by atoms with Crippen molar-refractivity contribution in [3.63, 3.8) is 0 Å². The standard InChI is InChI=1S/C19H13F3N6O/c20-19(21,22)13-5-6-24-14(9-13)27-18(29)12-3-1-11(2-4-12)15-16-17(23)25-7-8-28(16)10-26-15/h1-10H,(H2,23,25)(H,24,27,29). The third-order valence-electron chi connectivity index (χ3n) is 4.23. The predicted molar refractivity (Wildman–Crippen MR) is 100 cm³/mol. The Labute approximate surface area is 162 Å². The maximum Gasteiger partial charge on any atom is 0.416 e. The molecule has 0 saturated carbocycles. The van der Waals surface area contributed by atoms with Crippen LogP contribution in [0.1, 0.15) is 15.9 Å². The van der Waals surface area contributed by atoms with Crippen molar-refractivity contribution in [3.8, 4) is 11.3 Å². The van der Waals surface area contributed by atoms with Crippen molar-refractivity contribution < 1.29 is 18.0 Å². The fourth-order valence-electron chi connectivity index (χ4n) is 2.83. The quantitative estimate of drug-likeness (QED) is 0.549. The van der Waals surface area contributed by atoms with Gasteiger partial charge in [-0.2, -0.15) is 13.2 Å². The van der Waals surface area contributed by atoms with Crippen molar-refractivity contribution in [2.24, 2.45) is 0 Å². The van der Waals surface area contributed by atoms with Gasteiger partial charge >= 0.3 is 6.18 Å². The van der Waals surface area contributed by atoms with Crippen LogP contribution in [0, 0.1) is 0 Å². The largest absolute Gasteiger partial charge is 0.416 e. The monoisotopic (exact) mass is 398 g/mol. The summed E-state index contributed by atoms with van der Waals surface area (Å²) in [4.78, 5) is 24.5. The third kappa shape index (κ3) is 3.59. The normalized spacial score (nSPS) is 11.6. The average Bonchev–Trinajstić information content (AvgIpc) is 3.13. The van der Waals surface area contributed by atoms with Gasteiger partial charge in [-0.1, -0.05) is 12.1 Å². The highest BCUT2D eigenvalue weighted by atomic mass is 19.4. The lowest BCUT2D eigenvalue weighted by Crippen LogP contribution is -2.14. The number of nitrogen functional groups attached to an aromatic ring is 1. The van der Waals surface area contributed by atoms with Gasteiger partial charge in [0.05, 0.1) is 11.3 Å². The number of halogens is 3. The molecule has 0 spiro atoms. The summed E-state index contributed by atoms with van der Waals surface area (Å²) in [5.74, 6) is -0.454. The van der Waals surface area contributed by atoms with Crippen molar-refractivity contribution in [1.29, 1.82) is 0 Å². The molecule has 3 N–H and O–H groups in total. The van der Waals surface area contributed by atoms with Gasteiger partial charge in [0.15, 0.2) is 0 Å². The molecule has 10 heteroatoms. The van der Waals surface area contributed by atoms with Crippen LogP contribution in [-0.2, 0) is 6.18 Å². The minimum absolute atomic E-state index is 0.187. The molecule has 0 saturated heterocycles. The first-order valence-corrected chi connectivity index (χ1v) is 8.35. The van der Waals surface area contributed by atoms with Crippen molar-refractivity contribution in [1.82, 2.24) is 19.4 Å². The molecule has 3 aromatic heterocycles. The molecule has 0 unspecified atom stereocenters. The van der Waals surface area contributed by atoms with Gasteiger partial charge in [-0.25, -0.2) is 15.0 Å². The van der Waals surface area contributed by atoms with E-state index in [-0.39, 0.29) is 11.4 Å². The lowest BCUT2D eigenvalue weighted by molar-refractivity contribution is -0.137. The number of pyridine rings is 1. The first kappa shape index (κ1) is 18.4. The van der Waals surface area contributed by atoms with E-state index in [2.05, 4.69) is 20.3 Å². The molecule has 146 valence electrons. The van der Waals surface area contributed by atoms with E-state index < -0.39 is 17.6 Å². The second kappa shape index (κ2) is 6.89. The SMILES string of the molecule is Nc1nccn2cnc(-c3ccc(C(=O)Nc4cc(C(F)(F)F)ccn4)cc3)c12. The highest BCUT2D eigenvalue weighted by Crippen LogP contribution is 2.30. The van der Waals surface area contributed by atoms with Crippen LogP contribution in [0.4, 0.5) is 24.8 Å². The molecule has 0 aliphatic heterocycles. The highest BCUT2D eigenvalue weighted by molar-refractivity contribution is 6.04. The van der Waals surface area contributed by atoms with Gasteiger partial charge in [-0.3, -0.25) is 4.79 Å². The molecule has 29 heavy (non-hydrogen) atoms. The Balaban J connectivity index is 1.57. The number of nitrogens with one attached hydrogen (secondary N) is 1. The summed E-state index contributed by atoms with van der Waals surface area (Å²) in [6.45, 7) is 0. The van der Waals surface area contributed by atoms with E-state index in [1.165, 1.54) is 12.1 Å². The van der Waals surface area contributed by atoms with Gasteiger partial charge in [0.25, 0.3) is 5.91 Å². The first-order chi connectivity index (χ1) is 13.8. The van der Waals surface area contributed by atoms with Gasteiger partial charge in [-0.15, -0.1) is 0 Å². The summed E-state index contributed by atoms with van der Waals surface area (Å²) >= 11 is 0. The minimum Gasteiger partial charge on any atom is -0.382 e. The number of imidazole rings is 1. The van der Waals surface area contributed by atoms with Crippen LogP contribution >= 0.6 is 0 Å². The first-order valence-electron chi connectivity index (χ1n) is 8.35. The molecule has 1 amide bonds. The lowest BCUT2D eigenvalue weighted by Gasteiger charge is -2.09. The van der Waals surface area contributed by atoms with E-state index in [0.717, 1.165) is 18.3 Å². The number of benzene rings is 1. The number of fused-ring (bicyclic) bond motifs is 1. The summed E-state index contributed by atoms with van der Waals surface area (Å²) in [6, 6.07) is 8.03. The molecule has 3 heterocycles. The molecule has 1 aromatic carbocycles. The van der Waals surface area contributed by atoms with Gasteiger partial charge in [0.1, 0.15) is 23.5 Å². The topological polar surface area (TPSA) is 98.2 Å². The minimum atomic E-state index is -4.52. The molecule has 0 aliphatic rings. The maximum absolute atomic E-state index is 12.8. The lowest BCUT2D eigenvalue weighted by atomic mass is 10.1. The molecule has 0 aliphatic carbocycles. The number of hydrogen-bond donors (Lipinski definition) is 2. The average molecular weight is 398 g/mol. The van der Waals surface area contributed by atoms with Gasteiger partial charge in [0.2, 0.25) is 0 Å². The molecule has 0 radical (unpaired) electrons. The number of anilines is 2. The second-order valence-corrected chi connectivity index (χ2v) is 6.12. The van der Waals surface area contributed by atoms with Crippen LogP contribution in [0.3, 0.4) is 0 Å². The number of nitrogens with two attached hydrogens (primary N) is 1. The van der Waals surface area contributed by atoms with E-state index in [9.17, 15) is 18.0 Å². The Morgan fingerprint density at radius 3 is 2.52 bits per heavy atom. The molecule has 0 fully saturated rings. The summed E-state index contributed by atoms with van der Waals surface area (Å²) < 4.78 is 40.1. The van der Waals surface area contributed by atoms with Crippen molar-refractivity contribution in [3.05, 3.63) is 72.4 Å². The Morgan fingerprint density at radius 1 is 1.03 bits per heavy atom. The Bertz CT molecular complexity index is 1200. The number of aromatic nitrogens is 4. The summed E-state index contributed by atoms with van der Waals surface area (Å²) in [5, 5.41) is 2.36. The predicted octanol–water partition coefficient (Wildman–Crippen LogP) is 3.64. The second-order valence-electron chi connectivity index (χ2n) is 6.12. The fraction of sp³-hybridized carbons (Fsp3) is 0.0526. The summed E-state index contributed by atoms with van der Waals surface area (Å²) in [7, 11) is 0. The van der Waals surface area contributed by atoms with Crippen molar-refractivity contribution in [2.75, 3.05) is 11.1 Å². The molecular formula is C19H13F3N6O. The molecular weight excluding hydrogens is 385 g/mol. The zero-order valence-corrected chi connectivity index (χ0v) is 14.7. The molecule has 0 atom stereocenters. The van der Waals surface area contributed by atoms with Crippen LogP contribution < -0.4 is 11.1 Å². The van der Waals surface area contributed by atoms with Gasteiger partial charge in [0, 0.05) is 29.7 Å². The molecule has 0 bridgehead atoms. The number of amides is 1. The van der Waals surface area contributed by atoms with Gasteiger partial charge < -0.3 is 15.5 Å². The van der Waals surface area contributed by atoms with Crippen LogP contribution in [-0.4, -0.2) is 25.3 Å². The van der Waals surface area contributed by atoms with Crippen molar-refractivity contribution >= 4 is 23.1 Å². The van der Waals surface area contributed by atoms with Crippen LogP contribution in [0.25, 0.3) is 16.8 Å². The zero-order valence-electron chi connectivity index (χ0n) is 14.7. The molecule has 7 nitrogen and oxygen atoms in total. The smallest absolute Gasteiger partial charge is 0.382 e. The number of carbonyl (C=O) groups is 1. The number of rotatable bonds is 3. The van der Waals surface area contributed by atoms with Gasteiger partial charge in [-0.05, 0) is 24.3 Å². The van der Waals surface area contributed by atoms with E-state index in [1.54, 1.807) is 35.3 Å². The molecule has 4 aromatic rings. The highest BCUT2D eigenvalue weighted by Gasteiger charge is 2.30. The number of hydrogen-bond acceptors (Lipinski definition) is 5. The summed E-state index contributed by atoms with van der Waals surface area (Å²) in [6.07, 6.45) is 1.34. The number of alkyl halides is 3. The Morgan fingerprint density at radius 2 is 1.79 bits per heavy atom. The van der Waals surface area contributed by atoms with E-state index in [4.69, 9.17) is 5.73 Å². The Kier molecular flexibility index (Phi) is 4.38. The molecule has 4 rings (SSSR count). The number of nitrogens with zero attached hydrogens (tertiary/aromatic N) is 4. The van der Waals surface area contributed by atoms with Crippen LogP contribution in [0.5, 0.6) is 0 Å². The zero-order chi connectivity index (χ0) is 20.6. The third-order valence-corrected chi connectivity index (χ3v) is 4.23. The van der Waals surface area contributed by atoms with Crippen molar-refractivity contribution in [2.45, 2.75) is 6.18 Å². The van der Waals surface area contributed by atoms with Crippen LogP contribution in [0.2, 0.25) is 0 Å². The van der Waals surface area contributed by atoms with E-state index in [0.29, 0.717) is 22.6 Å². The van der Waals surface area contributed by atoms with E-state index in [1.807, 2.05) is 0 Å². The maximum atomic E-state index is 12.8. The van der Waals surface area contributed by atoms with E-state index >= 15 is 0 Å². The Hall–Kier alpha value is -3.95. The fourth-order valence-corrected chi connectivity index (χ4v) is 2.83. The number of carbonyl (C=O) groups excluding carboxylic acids is 1. The summed E-state index contributed by atoms with van der Waals surface area (Å²) in [5.41, 5.74) is 7.23. The van der Waals surface area contributed by atoms with Crippen LogP contribution in [0.15, 0.2) is 61.3 Å².